The Bertz CT molecular complexity index is 619. The van der Waals surface area contributed by atoms with Gasteiger partial charge in [-0.1, -0.05) is 32.0 Å². The molecule has 0 amide bonds. The maximum Gasteiger partial charge on any atom is 0.0751 e. The Morgan fingerprint density at radius 1 is 1.24 bits per heavy atom. The minimum atomic E-state index is 0.688. The van der Waals surface area contributed by atoms with Crippen molar-refractivity contribution in [1.29, 1.82) is 0 Å². The molecular formula is C18H25N3. The minimum absolute atomic E-state index is 0.688. The summed E-state index contributed by atoms with van der Waals surface area (Å²) >= 11 is 0. The molecule has 3 heteroatoms. The van der Waals surface area contributed by atoms with Crippen LogP contribution in [0, 0.1) is 6.92 Å². The van der Waals surface area contributed by atoms with E-state index in [9.17, 15) is 0 Å². The lowest BCUT2D eigenvalue weighted by Crippen LogP contribution is -2.37. The fourth-order valence-corrected chi connectivity index (χ4v) is 3.58. The van der Waals surface area contributed by atoms with E-state index in [1.807, 2.05) is 6.20 Å². The van der Waals surface area contributed by atoms with Gasteiger partial charge in [0.05, 0.1) is 5.52 Å². The molecule has 2 heterocycles. The van der Waals surface area contributed by atoms with Crippen LogP contribution in [0.3, 0.4) is 0 Å². The second kappa shape index (κ2) is 6.02. The first-order chi connectivity index (χ1) is 10.2. The summed E-state index contributed by atoms with van der Waals surface area (Å²) in [5.74, 6) is 0. The van der Waals surface area contributed by atoms with Gasteiger partial charge in [0.15, 0.2) is 0 Å². The summed E-state index contributed by atoms with van der Waals surface area (Å²) in [5, 5.41) is 1.29. The second-order valence-corrected chi connectivity index (χ2v) is 5.91. The van der Waals surface area contributed by atoms with Crippen LogP contribution >= 0.6 is 0 Å². The number of aromatic nitrogens is 1. The lowest BCUT2D eigenvalue weighted by Gasteiger charge is -2.27. The maximum absolute atomic E-state index is 4.56. The van der Waals surface area contributed by atoms with E-state index in [0.29, 0.717) is 6.04 Å². The van der Waals surface area contributed by atoms with Gasteiger partial charge in [0.1, 0.15) is 0 Å². The Hall–Kier alpha value is -1.61. The van der Waals surface area contributed by atoms with E-state index in [1.165, 1.54) is 23.1 Å². The predicted molar refractivity (Wildman–Crippen MR) is 90.0 cm³/mol. The number of likely N-dealkylation sites (N-methyl/N-ethyl adjacent to an activating group) is 1. The van der Waals surface area contributed by atoms with Gasteiger partial charge in [0.2, 0.25) is 0 Å². The number of pyridine rings is 1. The largest absolute Gasteiger partial charge is 0.369 e. The number of para-hydroxylation sites is 1. The molecule has 1 aliphatic heterocycles. The highest BCUT2D eigenvalue weighted by atomic mass is 15.3. The van der Waals surface area contributed by atoms with E-state index < -0.39 is 0 Å². The number of nitrogens with zero attached hydrogens (tertiary/aromatic N) is 3. The van der Waals surface area contributed by atoms with E-state index >= 15 is 0 Å². The van der Waals surface area contributed by atoms with Crippen LogP contribution in [0.15, 0.2) is 30.5 Å². The van der Waals surface area contributed by atoms with Crippen LogP contribution in [0.25, 0.3) is 10.9 Å². The molecule has 0 N–H and O–H groups in total. The van der Waals surface area contributed by atoms with Gasteiger partial charge in [-0.15, -0.1) is 0 Å². The number of rotatable bonds is 4. The molecule has 21 heavy (non-hydrogen) atoms. The van der Waals surface area contributed by atoms with Crippen LogP contribution in [-0.4, -0.2) is 42.1 Å². The quantitative estimate of drug-likeness (QED) is 0.856. The van der Waals surface area contributed by atoms with Crippen LogP contribution in [0.5, 0.6) is 0 Å². The molecule has 1 aromatic heterocycles. The topological polar surface area (TPSA) is 19.4 Å². The summed E-state index contributed by atoms with van der Waals surface area (Å²) in [6, 6.07) is 9.35. The van der Waals surface area contributed by atoms with Crippen molar-refractivity contribution in [2.45, 2.75) is 33.2 Å². The Morgan fingerprint density at radius 2 is 2.05 bits per heavy atom. The van der Waals surface area contributed by atoms with Gasteiger partial charge in [0.25, 0.3) is 0 Å². The van der Waals surface area contributed by atoms with Crippen molar-refractivity contribution in [1.82, 2.24) is 9.88 Å². The molecule has 0 aliphatic carbocycles. The van der Waals surface area contributed by atoms with E-state index in [1.54, 1.807) is 0 Å². The fourth-order valence-electron chi connectivity index (χ4n) is 3.58. The molecule has 0 radical (unpaired) electrons. The normalized spacial score (nSPS) is 18.9. The number of hydrogen-bond donors (Lipinski definition) is 0. The molecule has 1 aromatic carbocycles. The number of anilines is 1. The minimum Gasteiger partial charge on any atom is -0.369 e. The molecule has 2 aromatic rings. The summed E-state index contributed by atoms with van der Waals surface area (Å²) in [6.07, 6.45) is 3.21. The van der Waals surface area contributed by atoms with Crippen LogP contribution < -0.4 is 4.90 Å². The van der Waals surface area contributed by atoms with Crippen molar-refractivity contribution < 1.29 is 0 Å². The van der Waals surface area contributed by atoms with Crippen LogP contribution in [0.2, 0.25) is 0 Å². The number of hydrogen-bond acceptors (Lipinski definition) is 3. The third kappa shape index (κ3) is 2.62. The van der Waals surface area contributed by atoms with Crippen molar-refractivity contribution in [3.63, 3.8) is 0 Å². The average molecular weight is 283 g/mol. The third-order valence-corrected chi connectivity index (χ3v) is 4.78. The van der Waals surface area contributed by atoms with Gasteiger partial charge < -0.3 is 4.90 Å². The first kappa shape index (κ1) is 14.3. The molecule has 3 rings (SSSR count). The highest BCUT2D eigenvalue weighted by Crippen LogP contribution is 2.30. The molecule has 112 valence electrons. The zero-order valence-corrected chi connectivity index (χ0v) is 13.3. The molecule has 1 atom stereocenters. The molecule has 3 nitrogen and oxygen atoms in total. The average Bonchev–Trinajstić information content (AvgIpc) is 2.98. The van der Waals surface area contributed by atoms with E-state index in [0.717, 1.165) is 31.7 Å². The third-order valence-electron chi connectivity index (χ3n) is 4.78. The van der Waals surface area contributed by atoms with Crippen LogP contribution in [-0.2, 0) is 0 Å². The van der Waals surface area contributed by atoms with Gasteiger partial charge in [-0.25, -0.2) is 0 Å². The predicted octanol–water partition coefficient (Wildman–Crippen LogP) is 3.46. The summed E-state index contributed by atoms with van der Waals surface area (Å²) < 4.78 is 0. The summed E-state index contributed by atoms with van der Waals surface area (Å²) in [6.45, 7) is 11.2. The zero-order valence-electron chi connectivity index (χ0n) is 13.3. The molecule has 0 saturated carbocycles. The Balaban J connectivity index is 1.90. The maximum atomic E-state index is 4.56. The molecule has 0 bridgehead atoms. The molecule has 0 spiro atoms. The lowest BCUT2D eigenvalue weighted by atomic mass is 10.1. The van der Waals surface area contributed by atoms with Gasteiger partial charge in [0, 0.05) is 36.4 Å². The van der Waals surface area contributed by atoms with E-state index in [4.69, 9.17) is 0 Å². The highest BCUT2D eigenvalue weighted by Gasteiger charge is 2.27. The first-order valence-electron chi connectivity index (χ1n) is 8.08. The Morgan fingerprint density at radius 3 is 2.81 bits per heavy atom. The standard InChI is InChI=1S/C18H25N3/c1-4-20(5-2)15-10-12-21(13-15)17-9-11-19-18-14(3)7-6-8-16(17)18/h6-9,11,15H,4-5,10,12-13H2,1-3H3. The van der Waals surface area contributed by atoms with Crippen molar-refractivity contribution in [3.05, 3.63) is 36.0 Å². The molecule has 1 aliphatic rings. The SMILES string of the molecule is CCN(CC)C1CCN(c2ccnc3c(C)cccc23)C1. The molecule has 1 saturated heterocycles. The van der Waals surface area contributed by atoms with E-state index in [2.05, 4.69) is 59.8 Å². The summed E-state index contributed by atoms with van der Waals surface area (Å²) in [5.41, 5.74) is 3.74. The smallest absolute Gasteiger partial charge is 0.0751 e. The molecule has 1 unspecified atom stereocenters. The van der Waals surface area contributed by atoms with Crippen LogP contribution in [0.1, 0.15) is 25.8 Å². The van der Waals surface area contributed by atoms with Crippen molar-refractivity contribution in [3.8, 4) is 0 Å². The highest BCUT2D eigenvalue weighted by molar-refractivity contribution is 5.93. The number of benzene rings is 1. The van der Waals surface area contributed by atoms with Gasteiger partial charge >= 0.3 is 0 Å². The zero-order chi connectivity index (χ0) is 14.8. The Labute approximate surface area is 127 Å². The van der Waals surface area contributed by atoms with Gasteiger partial charge in [-0.05, 0) is 38.1 Å². The molecular weight excluding hydrogens is 258 g/mol. The van der Waals surface area contributed by atoms with E-state index in [-0.39, 0.29) is 0 Å². The fraction of sp³-hybridized carbons (Fsp3) is 0.500. The summed E-state index contributed by atoms with van der Waals surface area (Å²) in [7, 11) is 0. The van der Waals surface area contributed by atoms with Gasteiger partial charge in [-0.2, -0.15) is 0 Å². The van der Waals surface area contributed by atoms with Crippen molar-refractivity contribution >= 4 is 16.6 Å². The number of fused-ring (bicyclic) bond motifs is 1. The summed E-state index contributed by atoms with van der Waals surface area (Å²) in [4.78, 5) is 9.67. The monoisotopic (exact) mass is 283 g/mol. The van der Waals surface area contributed by atoms with Crippen LogP contribution in [0.4, 0.5) is 5.69 Å². The van der Waals surface area contributed by atoms with Crippen molar-refractivity contribution in [2.24, 2.45) is 0 Å². The first-order valence-corrected chi connectivity index (χ1v) is 8.08. The number of aryl methyl sites for hydroxylation is 1. The second-order valence-electron chi connectivity index (χ2n) is 5.91. The Kier molecular flexibility index (Phi) is 4.11. The van der Waals surface area contributed by atoms with Gasteiger partial charge in [-0.3, -0.25) is 9.88 Å². The lowest BCUT2D eigenvalue weighted by molar-refractivity contribution is 0.232. The van der Waals surface area contributed by atoms with Crippen molar-refractivity contribution in [2.75, 3.05) is 31.1 Å². The molecule has 1 fully saturated rings.